The summed E-state index contributed by atoms with van der Waals surface area (Å²) in [6, 6.07) is 10.9. The lowest BCUT2D eigenvalue weighted by Crippen LogP contribution is -2.19. The summed E-state index contributed by atoms with van der Waals surface area (Å²) in [6.07, 6.45) is -4.15. The molecule has 0 aromatic heterocycles. The molecule has 0 atom stereocenters. The van der Waals surface area contributed by atoms with Gasteiger partial charge in [-0.15, -0.1) is 0 Å². The van der Waals surface area contributed by atoms with Crippen molar-refractivity contribution in [3.8, 4) is 0 Å². The normalized spacial score (nSPS) is 11.4. The minimum atomic E-state index is -4.61. The first kappa shape index (κ1) is 18.0. The summed E-state index contributed by atoms with van der Waals surface area (Å²) in [5.41, 5.74) is 0.715. The van der Waals surface area contributed by atoms with Gasteiger partial charge in [-0.25, -0.2) is 4.79 Å². The van der Waals surface area contributed by atoms with Gasteiger partial charge >= 0.3 is 12.1 Å². The van der Waals surface area contributed by atoms with E-state index in [9.17, 15) is 18.0 Å². The maximum Gasteiger partial charge on any atom is 0.417 e. The Bertz CT molecular complexity index is 735. The fraction of sp³-hybridized carbons (Fsp3) is 0.316. The van der Waals surface area contributed by atoms with Crippen LogP contribution in [0.5, 0.6) is 0 Å². The molecule has 128 valence electrons. The first-order valence-electron chi connectivity index (χ1n) is 7.67. The molecule has 2 rings (SSSR count). The summed E-state index contributed by atoms with van der Waals surface area (Å²) in [4.78, 5) is 12.2. The fourth-order valence-electron chi connectivity index (χ4n) is 2.81. The van der Waals surface area contributed by atoms with E-state index >= 15 is 0 Å². The van der Waals surface area contributed by atoms with Gasteiger partial charge in [0.2, 0.25) is 0 Å². The Morgan fingerprint density at radius 2 is 1.75 bits per heavy atom. The molecule has 0 aliphatic rings. The van der Waals surface area contributed by atoms with Gasteiger partial charge in [0, 0.05) is 0 Å². The molecule has 2 nitrogen and oxygen atoms in total. The summed E-state index contributed by atoms with van der Waals surface area (Å²) < 4.78 is 45.2. The molecular formula is C19H19F3O2. The molecule has 0 bridgehead atoms. The van der Waals surface area contributed by atoms with Gasteiger partial charge in [0.05, 0.1) is 17.7 Å². The van der Waals surface area contributed by atoms with Crippen molar-refractivity contribution in [2.24, 2.45) is 0 Å². The predicted molar refractivity (Wildman–Crippen MR) is 86.1 cm³/mol. The van der Waals surface area contributed by atoms with Gasteiger partial charge in [0.15, 0.2) is 0 Å². The number of carbonyl (C=O) groups is 1. The second-order valence-corrected chi connectivity index (χ2v) is 5.61. The highest BCUT2D eigenvalue weighted by Crippen LogP contribution is 2.38. The maximum atomic E-state index is 13.4. The van der Waals surface area contributed by atoms with E-state index in [2.05, 4.69) is 0 Å². The standard InChI is InChI=1S/C19H19F3O2/c1-4-24-18(23)16-13(3)15(11-14-8-6-5-7-9-14)10-12(2)17(16)19(20,21)22/h5-10H,4,11H2,1-3H3. The van der Waals surface area contributed by atoms with Crippen molar-refractivity contribution < 1.29 is 22.7 Å². The van der Waals surface area contributed by atoms with E-state index in [1.807, 2.05) is 30.3 Å². The van der Waals surface area contributed by atoms with Crippen LogP contribution < -0.4 is 0 Å². The molecule has 0 N–H and O–H groups in total. The largest absolute Gasteiger partial charge is 0.462 e. The Morgan fingerprint density at radius 1 is 1.12 bits per heavy atom. The van der Waals surface area contributed by atoms with E-state index in [0.29, 0.717) is 17.5 Å². The Morgan fingerprint density at radius 3 is 2.29 bits per heavy atom. The zero-order valence-corrected chi connectivity index (χ0v) is 13.8. The number of halogens is 3. The second kappa shape index (κ2) is 7.07. The van der Waals surface area contributed by atoms with Crippen LogP contribution in [0.15, 0.2) is 36.4 Å². The SMILES string of the molecule is CCOC(=O)c1c(C)c(Cc2ccccc2)cc(C)c1C(F)(F)F. The van der Waals surface area contributed by atoms with Crippen LogP contribution in [0.25, 0.3) is 0 Å². The predicted octanol–water partition coefficient (Wildman–Crippen LogP) is 5.09. The topological polar surface area (TPSA) is 26.3 Å². The van der Waals surface area contributed by atoms with E-state index in [0.717, 1.165) is 5.56 Å². The summed E-state index contributed by atoms with van der Waals surface area (Å²) in [5, 5.41) is 0. The minimum Gasteiger partial charge on any atom is -0.462 e. The number of aryl methyl sites for hydroxylation is 1. The molecule has 0 radical (unpaired) electrons. The van der Waals surface area contributed by atoms with Gasteiger partial charge in [-0.2, -0.15) is 13.2 Å². The average Bonchev–Trinajstić information content (AvgIpc) is 2.50. The molecule has 0 aliphatic heterocycles. The minimum absolute atomic E-state index is 0.0253. The highest BCUT2D eigenvalue weighted by molar-refractivity contribution is 5.94. The average molecular weight is 336 g/mol. The van der Waals surface area contributed by atoms with Crippen LogP contribution in [0.2, 0.25) is 0 Å². The number of ether oxygens (including phenoxy) is 1. The van der Waals surface area contributed by atoms with Crippen molar-refractivity contribution in [2.45, 2.75) is 33.4 Å². The lowest BCUT2D eigenvalue weighted by molar-refractivity contribution is -0.138. The van der Waals surface area contributed by atoms with Crippen molar-refractivity contribution in [3.05, 3.63) is 69.8 Å². The van der Waals surface area contributed by atoms with Crippen LogP contribution in [0.3, 0.4) is 0 Å². The van der Waals surface area contributed by atoms with Crippen LogP contribution in [-0.4, -0.2) is 12.6 Å². The summed E-state index contributed by atoms with van der Waals surface area (Å²) in [6.45, 7) is 4.51. The molecule has 0 saturated carbocycles. The van der Waals surface area contributed by atoms with Crippen LogP contribution in [0.1, 0.15) is 45.1 Å². The van der Waals surface area contributed by atoms with Crippen LogP contribution in [-0.2, 0) is 17.3 Å². The highest BCUT2D eigenvalue weighted by atomic mass is 19.4. The number of hydrogen-bond donors (Lipinski definition) is 0. The summed E-state index contributed by atoms with van der Waals surface area (Å²) in [7, 11) is 0. The molecule has 0 spiro atoms. The molecule has 5 heteroatoms. The third-order valence-corrected chi connectivity index (χ3v) is 3.89. The van der Waals surface area contributed by atoms with Gasteiger partial charge in [-0.1, -0.05) is 36.4 Å². The molecule has 0 heterocycles. The van der Waals surface area contributed by atoms with Crippen molar-refractivity contribution >= 4 is 5.97 Å². The molecule has 0 amide bonds. The Kier molecular flexibility index (Phi) is 5.32. The first-order chi connectivity index (χ1) is 11.3. The van der Waals surface area contributed by atoms with Crippen molar-refractivity contribution in [3.63, 3.8) is 0 Å². The number of benzene rings is 2. The number of esters is 1. The van der Waals surface area contributed by atoms with Gasteiger partial charge in [0.1, 0.15) is 0 Å². The molecule has 0 aliphatic carbocycles. The number of carbonyl (C=O) groups excluding carboxylic acids is 1. The van der Waals surface area contributed by atoms with Crippen LogP contribution in [0.4, 0.5) is 13.2 Å². The molecule has 2 aromatic rings. The third kappa shape index (κ3) is 3.78. The lowest BCUT2D eigenvalue weighted by Gasteiger charge is -2.20. The Labute approximate surface area is 139 Å². The van der Waals surface area contributed by atoms with E-state index in [4.69, 9.17) is 4.74 Å². The van der Waals surface area contributed by atoms with Crippen molar-refractivity contribution in [1.29, 1.82) is 0 Å². The summed E-state index contributed by atoms with van der Waals surface area (Å²) in [5.74, 6) is -0.930. The molecule has 24 heavy (non-hydrogen) atoms. The van der Waals surface area contributed by atoms with Gasteiger partial charge in [-0.05, 0) is 49.4 Å². The molecule has 2 aromatic carbocycles. The molecule has 0 unspecified atom stereocenters. The fourth-order valence-corrected chi connectivity index (χ4v) is 2.81. The van der Waals surface area contributed by atoms with E-state index in [1.54, 1.807) is 13.8 Å². The third-order valence-electron chi connectivity index (χ3n) is 3.89. The van der Waals surface area contributed by atoms with Crippen LogP contribution in [0, 0.1) is 13.8 Å². The smallest absolute Gasteiger partial charge is 0.417 e. The number of hydrogen-bond acceptors (Lipinski definition) is 2. The molecule has 0 fully saturated rings. The summed E-state index contributed by atoms with van der Waals surface area (Å²) >= 11 is 0. The van der Waals surface area contributed by atoms with Gasteiger partial charge in [-0.3, -0.25) is 0 Å². The van der Waals surface area contributed by atoms with Gasteiger partial charge < -0.3 is 4.74 Å². The zero-order valence-electron chi connectivity index (χ0n) is 13.8. The molecular weight excluding hydrogens is 317 g/mol. The Balaban J connectivity index is 2.61. The van der Waals surface area contributed by atoms with E-state index in [1.165, 1.54) is 13.0 Å². The monoisotopic (exact) mass is 336 g/mol. The Hall–Kier alpha value is -2.30. The van der Waals surface area contributed by atoms with Gasteiger partial charge in [0.25, 0.3) is 0 Å². The number of rotatable bonds is 4. The van der Waals surface area contributed by atoms with Crippen molar-refractivity contribution in [2.75, 3.05) is 6.61 Å². The van der Waals surface area contributed by atoms with E-state index in [-0.39, 0.29) is 17.7 Å². The quantitative estimate of drug-likeness (QED) is 0.727. The number of alkyl halides is 3. The lowest BCUT2D eigenvalue weighted by atomic mass is 9.89. The highest BCUT2D eigenvalue weighted by Gasteiger charge is 2.39. The zero-order chi connectivity index (χ0) is 17.9. The van der Waals surface area contributed by atoms with E-state index < -0.39 is 17.7 Å². The molecule has 0 saturated heterocycles. The first-order valence-corrected chi connectivity index (χ1v) is 7.67. The van der Waals surface area contributed by atoms with Crippen molar-refractivity contribution in [1.82, 2.24) is 0 Å². The van der Waals surface area contributed by atoms with Crippen LogP contribution >= 0.6 is 0 Å². The second-order valence-electron chi connectivity index (χ2n) is 5.61. The maximum absolute atomic E-state index is 13.4.